The lowest BCUT2D eigenvalue weighted by Gasteiger charge is -2.49. The first-order valence-electron chi connectivity index (χ1n) is 13.1. The molecule has 1 fully saturated rings. The zero-order valence-corrected chi connectivity index (χ0v) is 26.9. The average molecular weight is 700 g/mol. The molecule has 0 aliphatic carbocycles. The smallest absolute Gasteiger partial charge is 0.352 e. The van der Waals surface area contributed by atoms with Crippen molar-refractivity contribution in [3.8, 4) is 0 Å². The van der Waals surface area contributed by atoms with E-state index in [1.807, 2.05) is 0 Å². The number of benzene rings is 1. The van der Waals surface area contributed by atoms with Gasteiger partial charge in [0.1, 0.15) is 17.1 Å². The van der Waals surface area contributed by atoms with Crippen LogP contribution in [0.2, 0.25) is 10.0 Å². The highest BCUT2D eigenvalue weighted by atomic mass is 35.5. The summed E-state index contributed by atoms with van der Waals surface area (Å²) in [5, 5.41) is 24.6. The maximum absolute atomic E-state index is 13.0. The maximum Gasteiger partial charge on any atom is 0.352 e. The molecule has 2 aliphatic rings. The summed E-state index contributed by atoms with van der Waals surface area (Å²) < 4.78 is 1.71. The molecule has 0 bridgehead atoms. The number of halogens is 2. The second-order valence-electron chi connectivity index (χ2n) is 9.71. The number of hydrogen-bond donors (Lipinski definition) is 4. The van der Waals surface area contributed by atoms with Crippen molar-refractivity contribution in [2.45, 2.75) is 34.2 Å². The molecule has 0 unspecified atom stereocenters. The number of β-lactam (4-membered cyclic amide) rings is 1. The fraction of sp³-hybridized carbons (Fsp3) is 0.333. The number of fused-ring (bicyclic) bond motifs is 1. The Kier molecular flexibility index (Phi) is 11.7. The molecule has 2 amide bonds. The average Bonchev–Trinajstić information content (AvgIpc) is 2.98. The molecule has 0 saturated carbocycles. The Bertz CT molecular complexity index is 1510. The number of nitrogens with two attached hydrogens (primary N) is 2. The normalized spacial score (nSPS) is 18.2. The van der Waals surface area contributed by atoms with Gasteiger partial charge in [0.05, 0.1) is 22.7 Å². The molecule has 6 N–H and O–H groups in total. The Balaban J connectivity index is 1.33. The van der Waals surface area contributed by atoms with Crippen LogP contribution >= 0.6 is 58.5 Å². The molecule has 0 spiro atoms. The topological polar surface area (TPSA) is 195 Å². The number of hydrogen-bond acceptors (Lipinski definition) is 9. The van der Waals surface area contributed by atoms with Gasteiger partial charge >= 0.3 is 5.97 Å². The second kappa shape index (κ2) is 15.3. The lowest BCUT2D eigenvalue weighted by molar-refractivity contribution is -0.702. The summed E-state index contributed by atoms with van der Waals surface area (Å²) in [5.41, 5.74) is 11.1. The minimum atomic E-state index is -1.21. The fourth-order valence-electron chi connectivity index (χ4n) is 4.46. The van der Waals surface area contributed by atoms with Crippen LogP contribution in [0.25, 0.3) is 0 Å². The minimum absolute atomic E-state index is 0.00758. The van der Waals surface area contributed by atoms with Crippen LogP contribution in [0, 0.1) is 5.92 Å². The van der Waals surface area contributed by atoms with E-state index in [4.69, 9.17) is 34.7 Å². The third kappa shape index (κ3) is 8.53. The molecule has 0 radical (unpaired) electrons. The Morgan fingerprint density at radius 1 is 1.20 bits per heavy atom. The van der Waals surface area contributed by atoms with E-state index in [1.54, 1.807) is 47.3 Å². The van der Waals surface area contributed by atoms with Crippen molar-refractivity contribution in [1.29, 1.82) is 0 Å². The summed E-state index contributed by atoms with van der Waals surface area (Å²) in [5.74, 6) is -3.48. The van der Waals surface area contributed by atoms with Gasteiger partial charge in [0, 0.05) is 45.0 Å². The quantitative estimate of drug-likeness (QED) is 0.0721. The van der Waals surface area contributed by atoms with Gasteiger partial charge in [0.2, 0.25) is 5.91 Å². The first-order valence-corrected chi connectivity index (χ1v) is 16.9. The Morgan fingerprint density at radius 2 is 1.93 bits per heavy atom. The number of nitrogens with one attached hydrogen (secondary N) is 1. The van der Waals surface area contributed by atoms with Gasteiger partial charge in [-0.3, -0.25) is 19.5 Å². The number of pyridine rings is 1. The van der Waals surface area contributed by atoms with Crippen molar-refractivity contribution >= 4 is 88.2 Å². The molecule has 1 aromatic carbocycles. The third-order valence-electron chi connectivity index (χ3n) is 6.63. The largest absolute Gasteiger partial charge is 0.550 e. The molecule has 234 valence electrons. The summed E-state index contributed by atoms with van der Waals surface area (Å²) in [4.78, 5) is 55.8. The summed E-state index contributed by atoms with van der Waals surface area (Å²) in [6.45, 7) is 0.335. The summed E-state index contributed by atoms with van der Waals surface area (Å²) in [7, 11) is 0. The Hall–Kier alpha value is -3.11. The number of thioether (sulfide) groups is 3. The molecule has 1 aromatic heterocycles. The highest BCUT2D eigenvalue weighted by Gasteiger charge is 2.54. The zero-order chi connectivity index (χ0) is 32.0. The number of aliphatic carboxylic acids is 2. The van der Waals surface area contributed by atoms with Crippen LogP contribution in [0.1, 0.15) is 6.42 Å². The van der Waals surface area contributed by atoms with E-state index >= 15 is 0 Å². The number of carbonyl (C=O) groups excluding carboxylic acids is 3. The molecular weight excluding hydrogens is 671 g/mol. The number of amides is 2. The number of rotatable bonds is 14. The van der Waals surface area contributed by atoms with Gasteiger partial charge in [-0.2, -0.15) is 0 Å². The van der Waals surface area contributed by atoms with Crippen LogP contribution in [0.4, 0.5) is 0 Å². The predicted octanol–water partition coefficient (Wildman–Crippen LogP) is 0.934. The number of guanidine groups is 1. The molecule has 4 rings (SSSR count). The molecule has 44 heavy (non-hydrogen) atoms. The van der Waals surface area contributed by atoms with Crippen LogP contribution in [0.5, 0.6) is 0 Å². The molecule has 3 atom stereocenters. The van der Waals surface area contributed by atoms with Crippen molar-refractivity contribution in [2.75, 3.05) is 23.8 Å². The first-order chi connectivity index (χ1) is 20.9. The minimum Gasteiger partial charge on any atom is -0.550 e. The summed E-state index contributed by atoms with van der Waals surface area (Å²) in [6.07, 6.45) is 3.66. The van der Waals surface area contributed by atoms with Gasteiger partial charge in [-0.15, -0.1) is 35.3 Å². The lowest BCUT2D eigenvalue weighted by Crippen LogP contribution is -2.70. The van der Waals surface area contributed by atoms with Crippen LogP contribution in [-0.4, -0.2) is 74.9 Å². The van der Waals surface area contributed by atoms with Crippen LogP contribution in [0.15, 0.2) is 68.8 Å². The Labute approximate surface area is 275 Å². The fourth-order valence-corrected chi connectivity index (χ4v) is 8.13. The third-order valence-corrected chi connectivity index (χ3v) is 10.8. The standard InChI is InChI=1S/C27H28Cl2N6O6S3/c28-16-1-2-18(29)19(9-16)43-13-20(36)33-21-23(37)35-22(26(40)41)15(12-44-24(21)35)11-42-17-4-7-34(8-5-17)10-14(25(38)39)3-6-32-27(30)31/h1-2,4-5,7-9,14,21,24H,3,6,10-13H2,(H6-,30,31,32,33,36,38,39,40,41)/t14-,21+,24+/m0/s1. The van der Waals surface area contributed by atoms with Crippen molar-refractivity contribution in [2.24, 2.45) is 22.4 Å². The van der Waals surface area contributed by atoms with Crippen molar-refractivity contribution in [3.63, 3.8) is 0 Å². The highest BCUT2D eigenvalue weighted by molar-refractivity contribution is 8.01. The molecule has 12 nitrogen and oxygen atoms in total. The number of carboxylic acids is 2. The van der Waals surface area contributed by atoms with E-state index in [1.165, 1.54) is 40.2 Å². The van der Waals surface area contributed by atoms with E-state index in [0.717, 1.165) is 4.90 Å². The van der Waals surface area contributed by atoms with Crippen LogP contribution in [0.3, 0.4) is 0 Å². The zero-order valence-electron chi connectivity index (χ0n) is 23.0. The predicted molar refractivity (Wildman–Crippen MR) is 168 cm³/mol. The van der Waals surface area contributed by atoms with Gasteiger partial charge in [0.25, 0.3) is 5.91 Å². The van der Waals surface area contributed by atoms with E-state index < -0.39 is 35.2 Å². The molecule has 17 heteroatoms. The lowest BCUT2D eigenvalue weighted by atomic mass is 10.0. The molecule has 3 heterocycles. The van der Waals surface area contributed by atoms with Crippen molar-refractivity contribution < 1.29 is 34.0 Å². The van der Waals surface area contributed by atoms with Crippen LogP contribution < -0.4 is 26.5 Å². The van der Waals surface area contributed by atoms with Gasteiger partial charge in [0.15, 0.2) is 24.9 Å². The molecular formula is C27H28Cl2N6O6S3. The number of aliphatic imine (C=N–C) groups is 1. The van der Waals surface area contributed by atoms with Gasteiger partial charge in [-0.1, -0.05) is 23.2 Å². The second-order valence-corrected chi connectivity index (χ2v) is 13.7. The molecule has 1 saturated heterocycles. The maximum atomic E-state index is 13.0. The molecule has 2 aliphatic heterocycles. The van der Waals surface area contributed by atoms with Crippen molar-refractivity contribution in [1.82, 2.24) is 10.2 Å². The SMILES string of the molecule is NC(N)=NCC[C@@H](C[n+]1ccc(SCC2=C(C(=O)O)N3C(=O)[C@@H](NC(=O)CSc4cc(Cl)ccc4Cl)[C@H]3SC2)cc1)C(=O)[O-]. The number of aromatic nitrogens is 1. The van der Waals surface area contributed by atoms with Gasteiger partial charge < -0.3 is 31.8 Å². The monoisotopic (exact) mass is 698 g/mol. The summed E-state index contributed by atoms with van der Waals surface area (Å²) >= 11 is 16.1. The number of nitrogens with zero attached hydrogens (tertiary/aromatic N) is 3. The van der Waals surface area contributed by atoms with Gasteiger partial charge in [-0.25, -0.2) is 9.36 Å². The van der Waals surface area contributed by atoms with E-state index in [-0.39, 0.29) is 42.8 Å². The van der Waals surface area contributed by atoms with Gasteiger partial charge in [-0.05, 0) is 30.2 Å². The van der Waals surface area contributed by atoms with Crippen LogP contribution in [-0.2, 0) is 25.7 Å². The van der Waals surface area contributed by atoms with E-state index in [9.17, 15) is 29.4 Å². The molecule has 2 aromatic rings. The number of carboxylic acid groups (broad SMARTS) is 2. The Morgan fingerprint density at radius 3 is 2.59 bits per heavy atom. The summed E-state index contributed by atoms with van der Waals surface area (Å²) in [6, 6.07) is 7.68. The first kappa shape index (κ1) is 33.8. The highest BCUT2D eigenvalue weighted by Crippen LogP contribution is 2.41. The van der Waals surface area contributed by atoms with E-state index in [2.05, 4.69) is 10.3 Å². The number of carbonyl (C=O) groups is 4. The van der Waals surface area contributed by atoms with E-state index in [0.29, 0.717) is 32.0 Å². The van der Waals surface area contributed by atoms with Crippen molar-refractivity contribution in [3.05, 3.63) is 64.0 Å².